The molecule has 0 fully saturated rings. The predicted molar refractivity (Wildman–Crippen MR) is 89.8 cm³/mol. The van der Waals surface area contributed by atoms with Crippen LogP contribution in [-0.4, -0.2) is 23.5 Å². The Labute approximate surface area is 143 Å². The summed E-state index contributed by atoms with van der Waals surface area (Å²) in [5, 5.41) is 2.68. The summed E-state index contributed by atoms with van der Waals surface area (Å²) in [4.78, 5) is 24.2. The van der Waals surface area contributed by atoms with Gasteiger partial charge in [0.25, 0.3) is 0 Å². The van der Waals surface area contributed by atoms with Crippen LogP contribution in [0.15, 0.2) is 53.4 Å². The molecule has 0 aromatic heterocycles. The van der Waals surface area contributed by atoms with Crippen molar-refractivity contribution in [3.05, 3.63) is 65.7 Å². The highest BCUT2D eigenvalue weighted by Crippen LogP contribution is 2.20. The van der Waals surface area contributed by atoms with Crippen molar-refractivity contribution >= 4 is 23.5 Å². The lowest BCUT2D eigenvalue weighted by Gasteiger charge is -2.16. The van der Waals surface area contributed by atoms with Crippen LogP contribution in [0.25, 0.3) is 0 Å². The fourth-order valence-corrected chi connectivity index (χ4v) is 2.83. The Bertz CT molecular complexity index is 722. The Hall–Kier alpha value is -2.21. The monoisotopic (exact) mass is 349 g/mol. The average Bonchev–Trinajstić information content (AvgIpc) is 2.56. The molecule has 1 amide bonds. The van der Waals surface area contributed by atoms with E-state index in [-0.39, 0.29) is 17.4 Å². The number of Topliss-reactive ketones (excluding diaryl/α,β-unsaturated/α-hetero) is 1. The van der Waals surface area contributed by atoms with Gasteiger partial charge in [0, 0.05) is 4.90 Å². The van der Waals surface area contributed by atoms with Crippen LogP contribution in [-0.2, 0) is 16.0 Å². The third-order valence-corrected chi connectivity index (χ3v) is 4.36. The molecule has 0 spiro atoms. The van der Waals surface area contributed by atoms with E-state index in [4.69, 9.17) is 0 Å². The molecule has 2 rings (SSSR count). The van der Waals surface area contributed by atoms with E-state index in [2.05, 4.69) is 5.32 Å². The van der Waals surface area contributed by atoms with Crippen LogP contribution in [0.2, 0.25) is 0 Å². The lowest BCUT2D eigenvalue weighted by Crippen LogP contribution is -2.42. The van der Waals surface area contributed by atoms with Crippen LogP contribution in [0, 0.1) is 11.6 Å². The minimum absolute atomic E-state index is 0.0175. The molecule has 0 radical (unpaired) electrons. The number of carbonyl (C=O) groups excluding carboxylic acids is 2. The van der Waals surface area contributed by atoms with Crippen molar-refractivity contribution in [2.45, 2.75) is 24.3 Å². The van der Waals surface area contributed by atoms with E-state index in [0.717, 1.165) is 29.5 Å². The van der Waals surface area contributed by atoms with Crippen LogP contribution in [0.5, 0.6) is 0 Å². The third-order valence-electron chi connectivity index (χ3n) is 3.37. The van der Waals surface area contributed by atoms with Crippen LogP contribution >= 0.6 is 11.8 Å². The molecule has 1 atom stereocenters. The zero-order valence-corrected chi connectivity index (χ0v) is 13.9. The Kier molecular flexibility index (Phi) is 6.49. The Balaban J connectivity index is 1.90. The molecule has 1 N–H and O–H groups in total. The van der Waals surface area contributed by atoms with Crippen molar-refractivity contribution in [1.29, 1.82) is 0 Å². The first-order valence-corrected chi connectivity index (χ1v) is 8.36. The van der Waals surface area contributed by atoms with Crippen LogP contribution in [0.4, 0.5) is 8.78 Å². The Morgan fingerprint density at radius 1 is 1.08 bits per heavy atom. The summed E-state index contributed by atoms with van der Waals surface area (Å²) in [7, 11) is 0. The number of rotatable bonds is 7. The smallest absolute Gasteiger partial charge is 0.230 e. The van der Waals surface area contributed by atoms with E-state index in [1.807, 2.05) is 30.3 Å². The summed E-state index contributed by atoms with van der Waals surface area (Å²) in [5.41, 5.74) is 0.950. The van der Waals surface area contributed by atoms with Gasteiger partial charge in [-0.15, -0.1) is 11.8 Å². The largest absolute Gasteiger partial charge is 0.345 e. The molecule has 0 aliphatic carbocycles. The van der Waals surface area contributed by atoms with E-state index in [0.29, 0.717) is 11.3 Å². The molecule has 0 heterocycles. The fraction of sp³-hybridized carbons (Fsp3) is 0.222. The third kappa shape index (κ3) is 5.45. The van der Waals surface area contributed by atoms with Crippen molar-refractivity contribution in [1.82, 2.24) is 5.32 Å². The van der Waals surface area contributed by atoms with Crippen LogP contribution in [0.1, 0.15) is 12.5 Å². The minimum Gasteiger partial charge on any atom is -0.345 e. The molecule has 0 unspecified atom stereocenters. The molecular formula is C18H17F2NO2S. The van der Waals surface area contributed by atoms with Gasteiger partial charge in [-0.05, 0) is 37.1 Å². The van der Waals surface area contributed by atoms with Gasteiger partial charge in [0.15, 0.2) is 17.4 Å². The van der Waals surface area contributed by atoms with Crippen LogP contribution in [0.3, 0.4) is 0 Å². The number of thioether (sulfide) groups is 1. The lowest BCUT2D eigenvalue weighted by molar-refractivity contribution is -0.125. The first-order chi connectivity index (χ1) is 11.5. The average molecular weight is 349 g/mol. The van der Waals surface area contributed by atoms with Crippen molar-refractivity contribution < 1.29 is 18.4 Å². The van der Waals surface area contributed by atoms with Gasteiger partial charge in [0.2, 0.25) is 5.91 Å². The summed E-state index contributed by atoms with van der Waals surface area (Å²) in [6.07, 6.45) is 0.414. The predicted octanol–water partition coefficient (Wildman–Crippen LogP) is 3.37. The maximum Gasteiger partial charge on any atom is 0.230 e. The molecule has 3 nitrogen and oxygen atoms in total. The molecule has 24 heavy (non-hydrogen) atoms. The van der Waals surface area contributed by atoms with E-state index in [1.165, 1.54) is 13.0 Å². The molecule has 0 saturated heterocycles. The number of benzene rings is 2. The minimum atomic E-state index is -0.953. The first kappa shape index (κ1) is 18.1. The topological polar surface area (TPSA) is 46.2 Å². The van der Waals surface area contributed by atoms with Gasteiger partial charge in [-0.25, -0.2) is 8.78 Å². The maximum absolute atomic E-state index is 13.1. The zero-order chi connectivity index (χ0) is 17.5. The molecule has 6 heteroatoms. The number of ketones is 1. The van der Waals surface area contributed by atoms with Crippen molar-refractivity contribution in [2.75, 3.05) is 5.75 Å². The number of hydrogen-bond acceptors (Lipinski definition) is 3. The molecule has 2 aromatic rings. The van der Waals surface area contributed by atoms with Crippen molar-refractivity contribution in [3.63, 3.8) is 0 Å². The number of halogens is 2. The van der Waals surface area contributed by atoms with E-state index in [1.54, 1.807) is 0 Å². The molecule has 126 valence electrons. The highest BCUT2D eigenvalue weighted by atomic mass is 32.2. The van der Waals surface area contributed by atoms with Gasteiger partial charge in [-0.3, -0.25) is 9.59 Å². The van der Waals surface area contributed by atoms with Crippen LogP contribution < -0.4 is 5.32 Å². The second kappa shape index (κ2) is 8.59. The molecule has 2 aromatic carbocycles. The summed E-state index contributed by atoms with van der Waals surface area (Å²) in [6.45, 7) is 1.43. The van der Waals surface area contributed by atoms with Gasteiger partial charge in [0.05, 0.1) is 11.8 Å². The van der Waals surface area contributed by atoms with E-state index in [9.17, 15) is 18.4 Å². The van der Waals surface area contributed by atoms with E-state index >= 15 is 0 Å². The second-order valence-corrected chi connectivity index (χ2v) is 6.33. The van der Waals surface area contributed by atoms with Gasteiger partial charge in [0.1, 0.15) is 0 Å². The van der Waals surface area contributed by atoms with E-state index < -0.39 is 17.7 Å². The van der Waals surface area contributed by atoms with Crippen molar-refractivity contribution in [3.8, 4) is 0 Å². The first-order valence-electron chi connectivity index (χ1n) is 7.37. The zero-order valence-electron chi connectivity index (χ0n) is 13.1. The van der Waals surface area contributed by atoms with Gasteiger partial charge in [-0.1, -0.05) is 30.3 Å². The Morgan fingerprint density at radius 3 is 2.42 bits per heavy atom. The molecule has 0 bridgehead atoms. The van der Waals surface area contributed by atoms with Gasteiger partial charge < -0.3 is 5.32 Å². The summed E-state index contributed by atoms with van der Waals surface area (Å²) >= 11 is 1.08. The normalized spacial score (nSPS) is 11.8. The highest BCUT2D eigenvalue weighted by molar-refractivity contribution is 8.00. The number of nitrogens with one attached hydrogen (secondary N) is 1. The summed E-state index contributed by atoms with van der Waals surface area (Å²) in [5.74, 6) is -2.33. The summed E-state index contributed by atoms with van der Waals surface area (Å²) < 4.78 is 26.0. The summed E-state index contributed by atoms with van der Waals surface area (Å²) in [6, 6.07) is 12.2. The quantitative estimate of drug-likeness (QED) is 0.780. The second-order valence-electron chi connectivity index (χ2n) is 5.29. The lowest BCUT2D eigenvalue weighted by atomic mass is 10.0. The maximum atomic E-state index is 13.1. The SMILES string of the molecule is CC(=O)[C@H](Cc1ccccc1)NC(=O)CSc1ccc(F)c(F)c1. The van der Waals surface area contributed by atoms with Gasteiger partial charge >= 0.3 is 0 Å². The molecule has 0 aliphatic heterocycles. The molecule has 0 aliphatic rings. The number of amides is 1. The molecule has 0 saturated carbocycles. The number of carbonyl (C=O) groups is 2. The Morgan fingerprint density at radius 2 is 1.79 bits per heavy atom. The molecular weight excluding hydrogens is 332 g/mol. The fourth-order valence-electron chi connectivity index (χ4n) is 2.10. The van der Waals surface area contributed by atoms with Crippen molar-refractivity contribution in [2.24, 2.45) is 0 Å². The van der Waals surface area contributed by atoms with Gasteiger partial charge in [-0.2, -0.15) is 0 Å². The highest BCUT2D eigenvalue weighted by Gasteiger charge is 2.17. The number of hydrogen-bond donors (Lipinski definition) is 1. The standard InChI is InChI=1S/C18H17F2NO2S/c1-12(22)17(9-13-5-3-2-4-6-13)21-18(23)11-24-14-7-8-15(19)16(20)10-14/h2-8,10,17H,9,11H2,1H3,(H,21,23)/t17-/m0/s1.